The van der Waals surface area contributed by atoms with Crippen LogP contribution in [0.15, 0.2) is 60.7 Å². The molecule has 0 saturated carbocycles. The lowest BCUT2D eigenvalue weighted by molar-refractivity contribution is -0.385. The molecule has 16 heteroatoms. The minimum Gasteiger partial charge on any atom is -0.507 e. The van der Waals surface area contributed by atoms with Crippen molar-refractivity contribution in [2.75, 3.05) is 13.2 Å². The lowest BCUT2D eigenvalue weighted by Crippen LogP contribution is -2.01. The molecule has 0 heterocycles. The number of aliphatic hydroxyl groups excluding tert-OH is 2. The topological polar surface area (TPSA) is 296 Å². The molecule has 64 heavy (non-hydrogen) atoms. The Morgan fingerprint density at radius 3 is 1.11 bits per heavy atom. The van der Waals surface area contributed by atoms with Gasteiger partial charge in [-0.05, 0) is 84.4 Å². The highest BCUT2D eigenvalue weighted by Gasteiger charge is 2.29. The maximum atomic E-state index is 11.7. The Morgan fingerprint density at radius 1 is 0.547 bits per heavy atom. The zero-order valence-electron chi connectivity index (χ0n) is 36.4. The number of aliphatic hydroxyl groups is 2. The summed E-state index contributed by atoms with van der Waals surface area (Å²) in [5.74, 6) is -2.77. The minimum atomic E-state index is -0.520. The molecule has 0 aliphatic carbocycles. The molecule has 0 bridgehead atoms. The summed E-state index contributed by atoms with van der Waals surface area (Å²) >= 11 is 0. The number of hydrogen-bond donors (Lipinski definition) is 10. The summed E-state index contributed by atoms with van der Waals surface area (Å²) < 4.78 is 0. The molecule has 6 aromatic carbocycles. The first-order chi connectivity index (χ1) is 30.3. The fraction of sp³-hybridized carbons (Fsp3) is 0.292. The third-order valence-electron chi connectivity index (χ3n) is 10.8. The average Bonchev–Trinajstić information content (AvgIpc) is 3.25. The van der Waals surface area contributed by atoms with Crippen molar-refractivity contribution in [3.05, 3.63) is 125 Å². The van der Waals surface area contributed by atoms with Gasteiger partial charge in [0.2, 0.25) is 0 Å². The molecule has 0 spiro atoms. The largest absolute Gasteiger partial charge is 0.507 e. The van der Waals surface area contributed by atoms with Gasteiger partial charge in [-0.15, -0.1) is 0 Å². The maximum absolute atomic E-state index is 11.7. The normalized spacial score (nSPS) is 11.0. The molecular formula is C48H54N4O12. The molecule has 0 unspecified atom stereocenters. The molecule has 0 aromatic heterocycles. The first kappa shape index (κ1) is 49.4. The fourth-order valence-corrected chi connectivity index (χ4v) is 7.79. The maximum Gasteiger partial charge on any atom is 0.269 e. The highest BCUT2D eigenvalue weighted by molar-refractivity contribution is 6.14. The summed E-state index contributed by atoms with van der Waals surface area (Å²) in [4.78, 5) is 19.7. The number of hydrogen-bond acceptors (Lipinski definition) is 14. The van der Waals surface area contributed by atoms with Gasteiger partial charge in [-0.2, -0.15) is 0 Å². The third kappa shape index (κ3) is 10.1. The first-order valence-electron chi connectivity index (χ1n) is 20.4. The Labute approximate surface area is 369 Å². The van der Waals surface area contributed by atoms with Crippen molar-refractivity contribution in [1.29, 1.82) is 10.8 Å². The highest BCUT2D eigenvalue weighted by Crippen LogP contribution is 2.54. The quantitative estimate of drug-likeness (QED) is 0.0224. The number of nitro groups is 2. The van der Waals surface area contributed by atoms with Gasteiger partial charge in [-0.3, -0.25) is 20.2 Å². The second kappa shape index (κ2) is 21.2. The summed E-state index contributed by atoms with van der Waals surface area (Å²) in [5, 5.41) is 121. The summed E-state index contributed by atoms with van der Waals surface area (Å²) in [5.41, 5.74) is 4.53. The molecule has 0 radical (unpaired) electrons. The zero-order chi connectivity index (χ0) is 47.7. The number of non-ortho nitro benzene ring substituents is 2. The smallest absolute Gasteiger partial charge is 0.269 e. The molecule has 0 atom stereocenters. The Hall–Kier alpha value is -7.30. The van der Waals surface area contributed by atoms with E-state index in [0.29, 0.717) is 45.9 Å². The van der Waals surface area contributed by atoms with Crippen LogP contribution in [-0.2, 0) is 12.8 Å². The van der Waals surface area contributed by atoms with Crippen LogP contribution in [0.1, 0.15) is 96.9 Å². The predicted molar refractivity (Wildman–Crippen MR) is 247 cm³/mol. The van der Waals surface area contributed by atoms with Crippen LogP contribution in [0, 0.1) is 44.9 Å². The number of aromatic hydroxyl groups is 6. The molecule has 0 aliphatic rings. The van der Waals surface area contributed by atoms with E-state index in [9.17, 15) is 50.9 Å². The van der Waals surface area contributed by atoms with Crippen molar-refractivity contribution in [1.82, 2.24) is 0 Å². The van der Waals surface area contributed by atoms with Gasteiger partial charge in [0, 0.05) is 94.1 Å². The fourth-order valence-electron chi connectivity index (χ4n) is 7.79. The van der Waals surface area contributed by atoms with E-state index in [4.69, 9.17) is 21.0 Å². The van der Waals surface area contributed by atoms with Crippen molar-refractivity contribution < 1.29 is 50.7 Å². The molecule has 0 aliphatic heterocycles. The van der Waals surface area contributed by atoms with E-state index in [1.54, 1.807) is 50.2 Å². The van der Waals surface area contributed by atoms with E-state index < -0.39 is 21.3 Å². The molecule has 6 rings (SSSR count). The van der Waals surface area contributed by atoms with Crippen LogP contribution < -0.4 is 0 Å². The standard InChI is InChI=1S/C30H32N2O6.2C9H11NO3/c1-11(2)19-15-7-13(5)21(27(35)23(15)17(9-31)25(33)29(19)37)22-14(6)8-16-20(12(3)4)30(38)26(34)18(10-32)24(16)28(22)36;2*11-7-1-2-8-3-5-9(6-4-8)10(12)13/h7-12,31-38H,1-6H3;2*3-6,11H,1-2,7H2. The number of nitrogens with zero attached hydrogens (tertiary/aromatic N) is 2. The van der Waals surface area contributed by atoms with Crippen molar-refractivity contribution in [3.63, 3.8) is 0 Å². The van der Waals surface area contributed by atoms with Gasteiger partial charge in [0.1, 0.15) is 11.5 Å². The van der Waals surface area contributed by atoms with Gasteiger partial charge >= 0.3 is 0 Å². The van der Waals surface area contributed by atoms with Gasteiger partial charge in [-0.1, -0.05) is 64.1 Å². The third-order valence-corrected chi connectivity index (χ3v) is 10.8. The molecular weight excluding hydrogens is 825 g/mol. The first-order valence-corrected chi connectivity index (χ1v) is 20.4. The number of aryl methyl sites for hydroxylation is 4. The minimum absolute atomic E-state index is 0.0663. The van der Waals surface area contributed by atoms with Crippen LogP contribution in [0.25, 0.3) is 32.7 Å². The van der Waals surface area contributed by atoms with Crippen molar-refractivity contribution in [2.24, 2.45) is 0 Å². The van der Waals surface area contributed by atoms with E-state index in [-0.39, 0.29) is 92.4 Å². The van der Waals surface area contributed by atoms with Crippen LogP contribution in [0.2, 0.25) is 0 Å². The molecule has 0 fully saturated rings. The molecule has 6 aromatic rings. The van der Waals surface area contributed by atoms with Crippen LogP contribution in [0.5, 0.6) is 34.5 Å². The van der Waals surface area contributed by atoms with E-state index in [2.05, 4.69) is 0 Å². The van der Waals surface area contributed by atoms with Crippen LogP contribution in [-0.4, -0.2) is 76.3 Å². The summed E-state index contributed by atoms with van der Waals surface area (Å²) in [6, 6.07) is 16.3. The number of nitro benzene ring substituents is 2. The van der Waals surface area contributed by atoms with Crippen molar-refractivity contribution >= 4 is 45.3 Å². The molecule has 0 saturated heterocycles. The Bertz CT molecular complexity index is 2530. The summed E-state index contributed by atoms with van der Waals surface area (Å²) in [6.07, 6.45) is 4.62. The lowest BCUT2D eigenvalue weighted by atomic mass is 9.83. The average molecular weight is 879 g/mol. The number of phenols is 6. The summed E-state index contributed by atoms with van der Waals surface area (Å²) in [6.45, 7) is 11.1. The van der Waals surface area contributed by atoms with Gasteiger partial charge < -0.3 is 51.7 Å². The second-order valence-electron chi connectivity index (χ2n) is 15.8. The van der Waals surface area contributed by atoms with Gasteiger partial charge in [-0.25, -0.2) is 0 Å². The highest BCUT2D eigenvalue weighted by atomic mass is 16.6. The molecule has 10 N–H and O–H groups in total. The van der Waals surface area contributed by atoms with Gasteiger partial charge in [0.25, 0.3) is 11.4 Å². The van der Waals surface area contributed by atoms with Gasteiger partial charge in [0.15, 0.2) is 23.0 Å². The second-order valence-corrected chi connectivity index (χ2v) is 15.8. The molecule has 16 nitrogen and oxygen atoms in total. The Balaban J connectivity index is 0.000000280. The van der Waals surface area contributed by atoms with Crippen LogP contribution in [0.4, 0.5) is 11.4 Å². The monoisotopic (exact) mass is 878 g/mol. The van der Waals surface area contributed by atoms with E-state index in [1.807, 2.05) is 27.7 Å². The molecule has 338 valence electrons. The van der Waals surface area contributed by atoms with E-state index in [0.717, 1.165) is 36.4 Å². The number of benzene rings is 6. The number of fused-ring (bicyclic) bond motifs is 2. The number of nitrogens with one attached hydrogen (secondary N) is 2. The number of rotatable bonds is 13. The van der Waals surface area contributed by atoms with Crippen LogP contribution in [0.3, 0.4) is 0 Å². The Morgan fingerprint density at radius 2 is 0.859 bits per heavy atom. The van der Waals surface area contributed by atoms with E-state index in [1.165, 1.54) is 24.3 Å². The zero-order valence-corrected chi connectivity index (χ0v) is 36.4. The lowest BCUT2D eigenvalue weighted by Gasteiger charge is -2.23. The Kier molecular flexibility index (Phi) is 16.3. The van der Waals surface area contributed by atoms with Crippen molar-refractivity contribution in [3.8, 4) is 45.6 Å². The predicted octanol–water partition coefficient (Wildman–Crippen LogP) is 9.79. The van der Waals surface area contributed by atoms with E-state index >= 15 is 0 Å². The van der Waals surface area contributed by atoms with Crippen molar-refractivity contribution in [2.45, 2.75) is 79.1 Å². The van der Waals surface area contributed by atoms with Gasteiger partial charge in [0.05, 0.1) is 9.85 Å². The number of phenolic OH excluding ortho intramolecular Hbond substituents is 6. The summed E-state index contributed by atoms with van der Waals surface area (Å²) in [7, 11) is 0. The SMILES string of the molecule is Cc1cc2c(C(C)C)c(O)c(O)c(C=N)c2c(O)c1-c1c(C)cc2c(C(C)C)c(O)c(O)c(C=N)c2c1O.O=[N+]([O-])c1ccc(CCCO)cc1.O=[N+]([O-])c1ccc(CCCO)cc1. The van der Waals surface area contributed by atoms with Crippen LogP contribution >= 0.6 is 0 Å². The molecule has 0 amide bonds.